The maximum Gasteiger partial charge on any atom is 0.241 e. The van der Waals surface area contributed by atoms with Crippen LogP contribution in [0.3, 0.4) is 0 Å². The topological polar surface area (TPSA) is 99.0 Å². The molecule has 8 nitrogen and oxygen atoms in total. The van der Waals surface area contributed by atoms with Crippen molar-refractivity contribution in [3.63, 3.8) is 0 Å². The van der Waals surface area contributed by atoms with Crippen LogP contribution < -0.4 is 9.46 Å². The number of nitrogens with one attached hydrogen (secondary N) is 1. The average molecular weight is 323 g/mol. The molecule has 9 heteroatoms. The molecule has 2 aromatic rings. The van der Waals surface area contributed by atoms with E-state index in [1.807, 2.05) is 0 Å². The highest BCUT2D eigenvalue weighted by Gasteiger charge is 2.31. The first-order chi connectivity index (χ1) is 10.5. The molecule has 118 valence electrons. The van der Waals surface area contributed by atoms with Gasteiger partial charge in [0.05, 0.1) is 24.1 Å². The third kappa shape index (κ3) is 2.95. The third-order valence-electron chi connectivity index (χ3n) is 3.50. The number of tetrazole rings is 1. The quantitative estimate of drug-likeness (QED) is 0.853. The van der Waals surface area contributed by atoms with Crippen LogP contribution >= 0.6 is 0 Å². The molecule has 1 N–H and O–H groups in total. The molecule has 1 aromatic carbocycles. The Bertz CT molecular complexity index is 752. The van der Waals surface area contributed by atoms with E-state index in [0.717, 1.165) is 12.8 Å². The fourth-order valence-corrected chi connectivity index (χ4v) is 3.37. The van der Waals surface area contributed by atoms with Crippen LogP contribution in [0, 0.1) is 0 Å². The van der Waals surface area contributed by atoms with Gasteiger partial charge in [0.1, 0.15) is 5.75 Å². The highest BCUT2D eigenvalue weighted by Crippen LogP contribution is 2.35. The van der Waals surface area contributed by atoms with Gasteiger partial charge >= 0.3 is 0 Å². The molecule has 1 fully saturated rings. The molecule has 1 atom stereocenters. The van der Waals surface area contributed by atoms with Gasteiger partial charge in [-0.1, -0.05) is 0 Å². The molecule has 3 rings (SSSR count). The van der Waals surface area contributed by atoms with Gasteiger partial charge < -0.3 is 4.74 Å². The van der Waals surface area contributed by atoms with Gasteiger partial charge in [0.15, 0.2) is 5.82 Å². The lowest BCUT2D eigenvalue weighted by Crippen LogP contribution is -2.29. The summed E-state index contributed by atoms with van der Waals surface area (Å²) in [6.45, 7) is 1.73. The summed E-state index contributed by atoms with van der Waals surface area (Å²) < 4.78 is 34.1. The van der Waals surface area contributed by atoms with Gasteiger partial charge in [-0.15, -0.1) is 5.10 Å². The van der Waals surface area contributed by atoms with Crippen molar-refractivity contribution in [3.05, 3.63) is 30.1 Å². The number of ether oxygens (including phenoxy) is 1. The maximum absolute atomic E-state index is 12.4. The van der Waals surface area contributed by atoms with E-state index in [0.29, 0.717) is 11.6 Å². The summed E-state index contributed by atoms with van der Waals surface area (Å²) in [4.78, 5) is 0.172. The normalized spacial score (nSPS) is 16.5. The van der Waals surface area contributed by atoms with Crippen molar-refractivity contribution in [1.82, 2.24) is 24.9 Å². The zero-order valence-corrected chi connectivity index (χ0v) is 13.1. The lowest BCUT2D eigenvalue weighted by molar-refractivity contribution is 0.414. The van der Waals surface area contributed by atoms with Crippen molar-refractivity contribution in [3.8, 4) is 5.75 Å². The third-order valence-corrected chi connectivity index (χ3v) is 5.06. The number of hydrogen-bond acceptors (Lipinski definition) is 6. The number of nitrogens with zero attached hydrogens (tertiary/aromatic N) is 4. The minimum absolute atomic E-state index is 0.172. The highest BCUT2D eigenvalue weighted by atomic mass is 32.2. The number of benzene rings is 1. The van der Waals surface area contributed by atoms with Gasteiger partial charge in [0, 0.05) is 0 Å². The van der Waals surface area contributed by atoms with Crippen LogP contribution in [-0.2, 0) is 10.0 Å². The average Bonchev–Trinajstić information content (AvgIpc) is 3.23. The van der Waals surface area contributed by atoms with Crippen LogP contribution in [0.5, 0.6) is 5.75 Å². The van der Waals surface area contributed by atoms with Crippen molar-refractivity contribution in [2.24, 2.45) is 0 Å². The Balaban J connectivity index is 1.79. The van der Waals surface area contributed by atoms with Gasteiger partial charge in [-0.05, 0) is 54.5 Å². The van der Waals surface area contributed by atoms with Gasteiger partial charge in [0.25, 0.3) is 0 Å². The second kappa shape index (κ2) is 5.65. The van der Waals surface area contributed by atoms with E-state index in [4.69, 9.17) is 4.74 Å². The first kappa shape index (κ1) is 14.9. The first-order valence-electron chi connectivity index (χ1n) is 6.95. The molecule has 0 aliphatic heterocycles. The molecule has 1 aliphatic carbocycles. The van der Waals surface area contributed by atoms with Gasteiger partial charge in [0.2, 0.25) is 10.0 Å². The van der Waals surface area contributed by atoms with E-state index in [1.165, 1.54) is 19.2 Å². The summed E-state index contributed by atoms with van der Waals surface area (Å²) >= 11 is 0. The standard InChI is InChI=1S/C13H17N5O3S/c1-9(13-14-16-17-18(13)10-3-4-10)15-22(19,20)12-7-5-11(21-2)6-8-12/h5-10,15H,3-4H2,1-2H3/t9-/m0/s1. The monoisotopic (exact) mass is 323 g/mol. The van der Waals surface area contributed by atoms with Crippen molar-refractivity contribution in [2.75, 3.05) is 7.11 Å². The molecule has 0 saturated heterocycles. The molecule has 1 aliphatic rings. The summed E-state index contributed by atoms with van der Waals surface area (Å²) in [5, 5.41) is 11.5. The largest absolute Gasteiger partial charge is 0.497 e. The lowest BCUT2D eigenvalue weighted by Gasteiger charge is -2.14. The molecule has 0 bridgehead atoms. The highest BCUT2D eigenvalue weighted by molar-refractivity contribution is 7.89. The Hall–Kier alpha value is -2.00. The van der Waals surface area contributed by atoms with Gasteiger partial charge in [-0.3, -0.25) is 0 Å². The number of hydrogen-bond donors (Lipinski definition) is 1. The van der Waals surface area contributed by atoms with Crippen molar-refractivity contribution >= 4 is 10.0 Å². The zero-order valence-electron chi connectivity index (χ0n) is 12.3. The molecular weight excluding hydrogens is 306 g/mol. The number of rotatable bonds is 6. The molecule has 1 heterocycles. The van der Waals surface area contributed by atoms with Crippen molar-refractivity contribution in [2.45, 2.75) is 36.7 Å². The molecule has 0 radical (unpaired) electrons. The summed E-state index contributed by atoms with van der Waals surface area (Å²) in [6.07, 6.45) is 2.05. The van der Waals surface area contributed by atoms with Crippen LogP contribution in [0.4, 0.5) is 0 Å². The smallest absolute Gasteiger partial charge is 0.241 e. The van der Waals surface area contributed by atoms with Crippen LogP contribution in [-0.4, -0.2) is 35.7 Å². The summed E-state index contributed by atoms with van der Waals surface area (Å²) in [6, 6.07) is 5.98. The number of sulfonamides is 1. The summed E-state index contributed by atoms with van der Waals surface area (Å²) in [5.74, 6) is 1.13. The van der Waals surface area contributed by atoms with E-state index in [1.54, 1.807) is 23.7 Å². The van der Waals surface area contributed by atoms with Crippen LogP contribution in [0.25, 0.3) is 0 Å². The van der Waals surface area contributed by atoms with E-state index >= 15 is 0 Å². The minimum Gasteiger partial charge on any atom is -0.497 e. The summed E-state index contributed by atoms with van der Waals surface area (Å²) in [5.41, 5.74) is 0. The zero-order chi connectivity index (χ0) is 15.7. The van der Waals surface area contributed by atoms with Gasteiger partial charge in [-0.2, -0.15) is 0 Å². The van der Waals surface area contributed by atoms with E-state index in [2.05, 4.69) is 20.2 Å². The second-order valence-corrected chi connectivity index (χ2v) is 6.95. The molecule has 22 heavy (non-hydrogen) atoms. The molecule has 1 aromatic heterocycles. The predicted molar refractivity (Wildman–Crippen MR) is 77.8 cm³/mol. The van der Waals surface area contributed by atoms with Crippen molar-refractivity contribution in [1.29, 1.82) is 0 Å². The molecule has 1 saturated carbocycles. The Morgan fingerprint density at radius 1 is 1.32 bits per heavy atom. The predicted octanol–water partition coefficient (Wildman–Crippen LogP) is 1.06. The molecule has 0 spiro atoms. The van der Waals surface area contributed by atoms with Crippen molar-refractivity contribution < 1.29 is 13.2 Å². The van der Waals surface area contributed by atoms with Gasteiger partial charge in [-0.25, -0.2) is 17.8 Å². The molecule has 0 amide bonds. The van der Waals surface area contributed by atoms with E-state index in [-0.39, 0.29) is 10.9 Å². The SMILES string of the molecule is COc1ccc(S(=O)(=O)N[C@@H](C)c2nnnn2C2CC2)cc1. The van der Waals surface area contributed by atoms with Crippen LogP contribution in [0.15, 0.2) is 29.2 Å². The Kier molecular flexibility index (Phi) is 3.83. The van der Waals surface area contributed by atoms with Crippen LogP contribution in [0.1, 0.15) is 37.7 Å². The first-order valence-corrected chi connectivity index (χ1v) is 8.44. The second-order valence-electron chi connectivity index (χ2n) is 5.23. The fraction of sp³-hybridized carbons (Fsp3) is 0.462. The lowest BCUT2D eigenvalue weighted by atomic mass is 10.3. The Labute approximate surface area is 128 Å². The maximum atomic E-state index is 12.4. The van der Waals surface area contributed by atoms with Crippen LogP contribution in [0.2, 0.25) is 0 Å². The fourth-order valence-electron chi connectivity index (χ4n) is 2.17. The number of aromatic nitrogens is 4. The molecule has 0 unspecified atom stereocenters. The minimum atomic E-state index is -3.65. The van der Waals surface area contributed by atoms with E-state index in [9.17, 15) is 8.42 Å². The Morgan fingerprint density at radius 2 is 2.00 bits per heavy atom. The Morgan fingerprint density at radius 3 is 2.59 bits per heavy atom. The molecular formula is C13H17N5O3S. The number of methoxy groups -OCH3 is 1. The van der Waals surface area contributed by atoms with E-state index < -0.39 is 16.1 Å². The summed E-state index contributed by atoms with van der Waals surface area (Å²) in [7, 11) is -2.12.